The van der Waals surface area contributed by atoms with Crippen LogP contribution < -0.4 is 14.8 Å². The number of para-hydroxylation sites is 2. The van der Waals surface area contributed by atoms with Crippen LogP contribution in [0.3, 0.4) is 0 Å². The highest BCUT2D eigenvalue weighted by atomic mass is 16.5. The summed E-state index contributed by atoms with van der Waals surface area (Å²) in [6.07, 6.45) is 4.69. The van der Waals surface area contributed by atoms with Crippen LogP contribution in [0.5, 0.6) is 11.5 Å². The smallest absolute Gasteiger partial charge is 0.243 e. The molecule has 0 saturated carbocycles. The van der Waals surface area contributed by atoms with Gasteiger partial charge in [0.25, 0.3) is 0 Å². The SMILES string of the molecule is C=CCc1ccc(OCCCn2c(C(C)NC(=O)C=C)nc3ccccc32)c(OC)c1. The Hall–Kier alpha value is -3.54. The summed E-state index contributed by atoms with van der Waals surface area (Å²) in [7, 11) is 1.64. The Bertz CT molecular complexity index is 1070. The molecule has 0 spiro atoms. The molecule has 0 saturated heterocycles. The van der Waals surface area contributed by atoms with Crippen LogP contribution in [0.15, 0.2) is 67.8 Å². The van der Waals surface area contributed by atoms with Crippen LogP contribution in [-0.2, 0) is 17.8 Å². The van der Waals surface area contributed by atoms with Gasteiger partial charge in [-0.3, -0.25) is 4.79 Å². The maximum absolute atomic E-state index is 11.8. The van der Waals surface area contributed by atoms with Crippen molar-refractivity contribution in [2.24, 2.45) is 0 Å². The van der Waals surface area contributed by atoms with E-state index in [1.54, 1.807) is 7.11 Å². The summed E-state index contributed by atoms with van der Waals surface area (Å²) < 4.78 is 13.6. The highest BCUT2D eigenvalue weighted by Crippen LogP contribution is 2.28. The van der Waals surface area contributed by atoms with Gasteiger partial charge >= 0.3 is 0 Å². The first-order chi connectivity index (χ1) is 15.1. The summed E-state index contributed by atoms with van der Waals surface area (Å²) >= 11 is 0. The maximum Gasteiger partial charge on any atom is 0.243 e. The molecule has 1 atom stereocenters. The van der Waals surface area contributed by atoms with Gasteiger partial charge in [-0.1, -0.05) is 30.9 Å². The van der Waals surface area contributed by atoms with Gasteiger partial charge in [-0.15, -0.1) is 6.58 Å². The van der Waals surface area contributed by atoms with E-state index in [0.717, 1.165) is 41.0 Å². The molecule has 6 nitrogen and oxygen atoms in total. The molecule has 0 radical (unpaired) electrons. The van der Waals surface area contributed by atoms with Crippen LogP contribution in [-0.4, -0.2) is 29.2 Å². The molecule has 1 amide bonds. The predicted octanol–water partition coefficient (Wildman–Crippen LogP) is 4.61. The lowest BCUT2D eigenvalue weighted by atomic mass is 10.1. The number of aromatic nitrogens is 2. The Balaban J connectivity index is 1.71. The van der Waals surface area contributed by atoms with Gasteiger partial charge in [0.15, 0.2) is 11.5 Å². The van der Waals surface area contributed by atoms with Gasteiger partial charge in [0, 0.05) is 6.54 Å². The zero-order valence-electron chi connectivity index (χ0n) is 18.1. The van der Waals surface area contributed by atoms with Gasteiger partial charge in [0.1, 0.15) is 5.82 Å². The standard InChI is InChI=1S/C25H29N3O3/c1-5-10-19-13-14-22(23(17-19)30-4)31-16-9-15-28-21-12-8-7-11-20(21)27-25(28)18(3)26-24(29)6-2/h5-8,11-14,17-18H,1-2,9-10,15-16H2,3-4H3,(H,26,29). The fourth-order valence-electron chi connectivity index (χ4n) is 3.53. The summed E-state index contributed by atoms with van der Waals surface area (Å²) in [5, 5.41) is 2.90. The van der Waals surface area contributed by atoms with Crippen LogP contribution in [0.4, 0.5) is 0 Å². The molecule has 0 aliphatic carbocycles. The number of benzene rings is 2. The molecule has 0 bridgehead atoms. The molecule has 0 aliphatic heterocycles. The topological polar surface area (TPSA) is 65.4 Å². The molecule has 1 unspecified atom stereocenters. The predicted molar refractivity (Wildman–Crippen MR) is 123 cm³/mol. The number of nitrogens with zero attached hydrogens (tertiary/aromatic N) is 2. The van der Waals surface area contributed by atoms with E-state index < -0.39 is 0 Å². The fourth-order valence-corrected chi connectivity index (χ4v) is 3.53. The molecule has 1 N–H and O–H groups in total. The number of methoxy groups -OCH3 is 1. The Kier molecular flexibility index (Phi) is 7.49. The summed E-state index contributed by atoms with van der Waals surface area (Å²) in [6.45, 7) is 10.4. The number of ether oxygens (including phenoxy) is 2. The molecule has 2 aromatic carbocycles. The lowest BCUT2D eigenvalue weighted by molar-refractivity contribution is -0.117. The van der Waals surface area contributed by atoms with Gasteiger partial charge in [-0.2, -0.15) is 0 Å². The Labute approximate surface area is 183 Å². The van der Waals surface area contributed by atoms with E-state index in [0.29, 0.717) is 18.9 Å². The molecule has 162 valence electrons. The summed E-state index contributed by atoms with van der Waals surface area (Å²) in [5.41, 5.74) is 3.06. The molecule has 31 heavy (non-hydrogen) atoms. The van der Waals surface area contributed by atoms with E-state index >= 15 is 0 Å². The van der Waals surface area contributed by atoms with Crippen molar-refractivity contribution < 1.29 is 14.3 Å². The first kappa shape index (κ1) is 22.2. The molecule has 1 aromatic heterocycles. The number of nitrogens with one attached hydrogen (secondary N) is 1. The minimum Gasteiger partial charge on any atom is -0.493 e. The quantitative estimate of drug-likeness (QED) is 0.280. The molecule has 0 fully saturated rings. The zero-order valence-corrected chi connectivity index (χ0v) is 18.1. The molecule has 3 aromatic rings. The second kappa shape index (κ2) is 10.5. The average molecular weight is 420 g/mol. The number of imidazole rings is 1. The van der Waals surface area contributed by atoms with Gasteiger partial charge in [-0.05, 0) is 55.7 Å². The lowest BCUT2D eigenvalue weighted by Gasteiger charge is -2.16. The Morgan fingerprint density at radius 3 is 2.77 bits per heavy atom. The van der Waals surface area contributed by atoms with Crippen molar-refractivity contribution in [2.45, 2.75) is 32.4 Å². The van der Waals surface area contributed by atoms with E-state index in [9.17, 15) is 4.79 Å². The number of allylic oxidation sites excluding steroid dienone is 1. The molecule has 1 heterocycles. The molecular weight excluding hydrogens is 390 g/mol. The van der Waals surface area contributed by atoms with E-state index in [1.165, 1.54) is 6.08 Å². The largest absolute Gasteiger partial charge is 0.493 e. The van der Waals surface area contributed by atoms with Gasteiger partial charge in [0.05, 0.1) is 30.8 Å². The Morgan fingerprint density at radius 1 is 1.23 bits per heavy atom. The van der Waals surface area contributed by atoms with Crippen molar-refractivity contribution >= 4 is 16.9 Å². The van der Waals surface area contributed by atoms with Crippen LogP contribution in [0.25, 0.3) is 11.0 Å². The van der Waals surface area contributed by atoms with Crippen molar-refractivity contribution in [3.63, 3.8) is 0 Å². The van der Waals surface area contributed by atoms with Gasteiger partial charge in [-0.25, -0.2) is 4.98 Å². The zero-order chi connectivity index (χ0) is 22.2. The Morgan fingerprint density at radius 2 is 2.03 bits per heavy atom. The summed E-state index contributed by atoms with van der Waals surface area (Å²) in [4.78, 5) is 16.5. The normalized spacial score (nSPS) is 11.7. The van der Waals surface area contributed by atoms with Crippen LogP contribution in [0.2, 0.25) is 0 Å². The highest BCUT2D eigenvalue weighted by molar-refractivity contribution is 5.87. The first-order valence-corrected chi connectivity index (χ1v) is 10.4. The van der Waals surface area contributed by atoms with Crippen LogP contribution >= 0.6 is 0 Å². The number of amides is 1. The molecule has 3 rings (SSSR count). The average Bonchev–Trinajstić information content (AvgIpc) is 3.16. The fraction of sp³-hybridized carbons (Fsp3) is 0.280. The van der Waals surface area contributed by atoms with Crippen molar-refractivity contribution in [3.05, 3.63) is 79.2 Å². The third kappa shape index (κ3) is 5.34. The highest BCUT2D eigenvalue weighted by Gasteiger charge is 2.17. The van der Waals surface area contributed by atoms with Crippen molar-refractivity contribution in [1.82, 2.24) is 14.9 Å². The minimum absolute atomic E-state index is 0.221. The number of carbonyl (C=O) groups excluding carboxylic acids is 1. The molecular formula is C25H29N3O3. The monoisotopic (exact) mass is 419 g/mol. The number of hydrogen-bond donors (Lipinski definition) is 1. The van der Waals surface area contributed by atoms with E-state index in [4.69, 9.17) is 14.5 Å². The number of rotatable bonds is 11. The van der Waals surface area contributed by atoms with E-state index in [-0.39, 0.29) is 11.9 Å². The summed E-state index contributed by atoms with van der Waals surface area (Å²) in [6, 6.07) is 13.7. The first-order valence-electron chi connectivity index (χ1n) is 10.4. The van der Waals surface area contributed by atoms with E-state index in [1.807, 2.05) is 55.5 Å². The summed E-state index contributed by atoms with van der Waals surface area (Å²) in [5.74, 6) is 2.02. The maximum atomic E-state index is 11.8. The number of hydrogen-bond acceptors (Lipinski definition) is 4. The van der Waals surface area contributed by atoms with Gasteiger partial charge < -0.3 is 19.4 Å². The van der Waals surface area contributed by atoms with Crippen molar-refractivity contribution in [2.75, 3.05) is 13.7 Å². The minimum atomic E-state index is -0.240. The van der Waals surface area contributed by atoms with Crippen molar-refractivity contribution in [1.29, 1.82) is 0 Å². The van der Waals surface area contributed by atoms with Crippen LogP contribution in [0.1, 0.15) is 30.8 Å². The molecule has 6 heteroatoms. The molecule has 0 aliphatic rings. The number of fused-ring (bicyclic) bond motifs is 1. The lowest BCUT2D eigenvalue weighted by Crippen LogP contribution is -2.27. The second-order valence-electron chi connectivity index (χ2n) is 7.22. The van der Waals surface area contributed by atoms with E-state index in [2.05, 4.69) is 23.0 Å². The number of aryl methyl sites for hydroxylation is 1. The number of carbonyl (C=O) groups is 1. The third-order valence-corrected chi connectivity index (χ3v) is 5.01. The van der Waals surface area contributed by atoms with Gasteiger partial charge in [0.2, 0.25) is 5.91 Å². The van der Waals surface area contributed by atoms with Crippen LogP contribution in [0, 0.1) is 0 Å². The third-order valence-electron chi connectivity index (χ3n) is 5.01. The van der Waals surface area contributed by atoms with Crippen molar-refractivity contribution in [3.8, 4) is 11.5 Å². The second-order valence-corrected chi connectivity index (χ2v) is 7.22.